The highest BCUT2D eigenvalue weighted by Crippen LogP contribution is 2.30. The SMILES string of the molecule is O=C(NCc1ccc(Cl)nc1)Nc1ccc2c(c1)oc1ccccc12. The minimum Gasteiger partial charge on any atom is -0.456 e. The summed E-state index contributed by atoms with van der Waals surface area (Å²) >= 11 is 5.74. The standard InChI is InChI=1S/C19H14ClN3O2/c20-18-8-5-12(10-21-18)11-22-19(24)23-13-6-7-15-14-3-1-2-4-16(14)25-17(15)9-13/h1-10H,11H2,(H2,22,23,24). The number of halogens is 1. The molecule has 2 aromatic heterocycles. The Hall–Kier alpha value is -3.05. The summed E-state index contributed by atoms with van der Waals surface area (Å²) in [5, 5.41) is 8.09. The van der Waals surface area contributed by atoms with Gasteiger partial charge in [-0.1, -0.05) is 35.9 Å². The topological polar surface area (TPSA) is 67.2 Å². The Morgan fingerprint density at radius 1 is 1.04 bits per heavy atom. The van der Waals surface area contributed by atoms with Gasteiger partial charge < -0.3 is 15.1 Å². The van der Waals surface area contributed by atoms with Gasteiger partial charge in [0.05, 0.1) is 0 Å². The molecule has 4 aromatic rings. The van der Waals surface area contributed by atoms with E-state index in [1.165, 1.54) is 0 Å². The number of anilines is 1. The fourth-order valence-corrected chi connectivity index (χ4v) is 2.78. The summed E-state index contributed by atoms with van der Waals surface area (Å²) in [5.74, 6) is 0. The van der Waals surface area contributed by atoms with Crippen molar-refractivity contribution in [3.8, 4) is 0 Å². The second-order valence-electron chi connectivity index (χ2n) is 5.61. The van der Waals surface area contributed by atoms with E-state index in [2.05, 4.69) is 15.6 Å². The summed E-state index contributed by atoms with van der Waals surface area (Å²) in [5.41, 5.74) is 3.10. The molecule has 6 heteroatoms. The predicted octanol–water partition coefficient (Wildman–Crippen LogP) is 4.96. The maximum absolute atomic E-state index is 12.1. The van der Waals surface area contributed by atoms with Crippen molar-refractivity contribution < 1.29 is 9.21 Å². The van der Waals surface area contributed by atoms with Crippen LogP contribution in [0.4, 0.5) is 10.5 Å². The molecule has 0 unspecified atom stereocenters. The van der Waals surface area contributed by atoms with Gasteiger partial charge in [-0.25, -0.2) is 9.78 Å². The number of rotatable bonds is 3. The van der Waals surface area contributed by atoms with Crippen molar-refractivity contribution in [2.45, 2.75) is 6.54 Å². The minimum absolute atomic E-state index is 0.301. The molecule has 2 aromatic carbocycles. The van der Waals surface area contributed by atoms with Crippen LogP contribution in [0.5, 0.6) is 0 Å². The number of pyridine rings is 1. The Morgan fingerprint density at radius 2 is 1.88 bits per heavy atom. The highest BCUT2D eigenvalue weighted by atomic mass is 35.5. The number of fused-ring (bicyclic) bond motifs is 3. The number of carbonyl (C=O) groups is 1. The Balaban J connectivity index is 1.47. The van der Waals surface area contributed by atoms with Crippen molar-refractivity contribution in [2.75, 3.05) is 5.32 Å². The number of hydrogen-bond donors (Lipinski definition) is 2. The van der Waals surface area contributed by atoms with Crippen LogP contribution in [0, 0.1) is 0 Å². The van der Waals surface area contributed by atoms with Crippen molar-refractivity contribution >= 4 is 45.3 Å². The van der Waals surface area contributed by atoms with E-state index in [-0.39, 0.29) is 6.03 Å². The molecule has 5 nitrogen and oxygen atoms in total. The number of amides is 2. The molecule has 4 rings (SSSR count). The number of nitrogens with one attached hydrogen (secondary N) is 2. The zero-order chi connectivity index (χ0) is 17.2. The lowest BCUT2D eigenvalue weighted by atomic mass is 10.1. The molecule has 25 heavy (non-hydrogen) atoms. The summed E-state index contributed by atoms with van der Waals surface area (Å²) in [6.07, 6.45) is 1.63. The van der Waals surface area contributed by atoms with Crippen molar-refractivity contribution in [2.24, 2.45) is 0 Å². The molecule has 0 aliphatic rings. The molecule has 0 radical (unpaired) electrons. The van der Waals surface area contributed by atoms with Crippen LogP contribution in [0.2, 0.25) is 5.15 Å². The zero-order valence-electron chi connectivity index (χ0n) is 13.1. The van der Waals surface area contributed by atoms with E-state index in [0.717, 1.165) is 27.5 Å². The Labute approximate surface area is 148 Å². The third kappa shape index (κ3) is 3.27. The molecule has 0 atom stereocenters. The third-order valence-corrected chi connectivity index (χ3v) is 4.10. The number of aromatic nitrogens is 1. The molecule has 124 valence electrons. The zero-order valence-corrected chi connectivity index (χ0v) is 13.9. The van der Waals surface area contributed by atoms with Crippen LogP contribution >= 0.6 is 11.6 Å². The van der Waals surface area contributed by atoms with Crippen LogP contribution < -0.4 is 10.6 Å². The maximum Gasteiger partial charge on any atom is 0.319 e. The van der Waals surface area contributed by atoms with E-state index < -0.39 is 0 Å². The number of carbonyl (C=O) groups excluding carboxylic acids is 1. The molecular weight excluding hydrogens is 338 g/mol. The third-order valence-electron chi connectivity index (χ3n) is 3.88. The molecule has 0 saturated carbocycles. The van der Waals surface area contributed by atoms with Gasteiger partial charge in [0, 0.05) is 35.3 Å². The van der Waals surface area contributed by atoms with Gasteiger partial charge >= 0.3 is 6.03 Å². The first kappa shape index (κ1) is 15.5. The van der Waals surface area contributed by atoms with E-state index in [4.69, 9.17) is 16.0 Å². The van der Waals surface area contributed by atoms with Crippen LogP contribution in [0.3, 0.4) is 0 Å². The van der Waals surface area contributed by atoms with E-state index in [1.54, 1.807) is 12.3 Å². The van der Waals surface area contributed by atoms with Gasteiger partial charge in [-0.15, -0.1) is 0 Å². The van der Waals surface area contributed by atoms with E-state index in [1.807, 2.05) is 48.5 Å². The molecule has 0 bridgehead atoms. The Morgan fingerprint density at radius 3 is 2.72 bits per heavy atom. The second kappa shape index (κ2) is 6.45. The number of nitrogens with zero attached hydrogens (tertiary/aromatic N) is 1. The van der Waals surface area contributed by atoms with Crippen molar-refractivity contribution in [3.63, 3.8) is 0 Å². The average molecular weight is 352 g/mol. The van der Waals surface area contributed by atoms with E-state index >= 15 is 0 Å². The monoisotopic (exact) mass is 351 g/mol. The van der Waals surface area contributed by atoms with E-state index in [0.29, 0.717) is 17.4 Å². The van der Waals surface area contributed by atoms with Gasteiger partial charge in [0.2, 0.25) is 0 Å². The van der Waals surface area contributed by atoms with Gasteiger partial charge in [-0.2, -0.15) is 0 Å². The number of para-hydroxylation sites is 1. The highest BCUT2D eigenvalue weighted by Gasteiger charge is 2.08. The predicted molar refractivity (Wildman–Crippen MR) is 98.8 cm³/mol. The van der Waals surface area contributed by atoms with Crippen LogP contribution in [0.1, 0.15) is 5.56 Å². The largest absolute Gasteiger partial charge is 0.456 e. The van der Waals surface area contributed by atoms with Crippen LogP contribution in [-0.4, -0.2) is 11.0 Å². The summed E-state index contributed by atoms with van der Waals surface area (Å²) in [6.45, 7) is 0.364. The molecule has 0 saturated heterocycles. The van der Waals surface area contributed by atoms with Gasteiger partial charge in [0.15, 0.2) is 0 Å². The molecule has 2 amide bonds. The highest BCUT2D eigenvalue weighted by molar-refractivity contribution is 6.29. The molecule has 0 spiro atoms. The van der Waals surface area contributed by atoms with Crippen LogP contribution in [0.15, 0.2) is 65.2 Å². The number of urea groups is 1. The molecule has 0 aliphatic carbocycles. The first-order chi connectivity index (χ1) is 12.2. The summed E-state index contributed by atoms with van der Waals surface area (Å²) in [7, 11) is 0. The van der Waals surface area contributed by atoms with Crippen LogP contribution in [0.25, 0.3) is 21.9 Å². The molecule has 2 N–H and O–H groups in total. The molecule has 2 heterocycles. The van der Waals surface area contributed by atoms with Crippen molar-refractivity contribution in [1.82, 2.24) is 10.3 Å². The quantitative estimate of drug-likeness (QED) is 0.513. The number of furan rings is 1. The number of hydrogen-bond acceptors (Lipinski definition) is 3. The fourth-order valence-electron chi connectivity index (χ4n) is 2.67. The van der Waals surface area contributed by atoms with E-state index in [9.17, 15) is 4.79 Å². The normalized spacial score (nSPS) is 10.9. The van der Waals surface area contributed by atoms with Crippen molar-refractivity contribution in [1.29, 1.82) is 0 Å². The summed E-state index contributed by atoms with van der Waals surface area (Å²) in [6, 6.07) is 16.7. The maximum atomic E-state index is 12.1. The van der Waals surface area contributed by atoms with Gasteiger partial charge in [0.1, 0.15) is 16.3 Å². The molecular formula is C19H14ClN3O2. The lowest BCUT2D eigenvalue weighted by Crippen LogP contribution is -2.28. The van der Waals surface area contributed by atoms with Gasteiger partial charge in [-0.05, 0) is 29.8 Å². The fraction of sp³-hybridized carbons (Fsp3) is 0.0526. The van der Waals surface area contributed by atoms with Crippen LogP contribution in [-0.2, 0) is 6.54 Å². The minimum atomic E-state index is -0.301. The smallest absolute Gasteiger partial charge is 0.319 e. The van der Waals surface area contributed by atoms with Gasteiger partial charge in [0.25, 0.3) is 0 Å². The average Bonchev–Trinajstić information content (AvgIpc) is 2.99. The number of benzene rings is 2. The lowest BCUT2D eigenvalue weighted by Gasteiger charge is -2.07. The Kier molecular flexibility index (Phi) is 3.99. The summed E-state index contributed by atoms with van der Waals surface area (Å²) in [4.78, 5) is 16.0. The molecule has 0 aliphatic heterocycles. The lowest BCUT2D eigenvalue weighted by molar-refractivity contribution is 0.251. The first-order valence-electron chi connectivity index (χ1n) is 7.76. The molecule has 0 fully saturated rings. The summed E-state index contributed by atoms with van der Waals surface area (Å²) < 4.78 is 5.82. The van der Waals surface area contributed by atoms with Crippen molar-refractivity contribution in [3.05, 3.63) is 71.5 Å². The second-order valence-corrected chi connectivity index (χ2v) is 5.99. The van der Waals surface area contributed by atoms with Gasteiger partial charge in [-0.3, -0.25) is 0 Å². The Bertz CT molecular complexity index is 1060. The first-order valence-corrected chi connectivity index (χ1v) is 8.13.